The van der Waals surface area contributed by atoms with E-state index in [4.69, 9.17) is 16.1 Å². The maximum Gasteiger partial charge on any atom is 0.256 e. The van der Waals surface area contributed by atoms with Crippen LogP contribution in [0.15, 0.2) is 22.7 Å². The van der Waals surface area contributed by atoms with Gasteiger partial charge in [0.2, 0.25) is 0 Å². The highest BCUT2D eigenvalue weighted by atomic mass is 35.5. The fourth-order valence-corrected chi connectivity index (χ4v) is 2.31. The zero-order chi connectivity index (χ0) is 16.3. The van der Waals surface area contributed by atoms with Crippen LogP contribution in [0.2, 0.25) is 5.02 Å². The van der Waals surface area contributed by atoms with Gasteiger partial charge in [0.05, 0.1) is 22.8 Å². The van der Waals surface area contributed by atoms with Crippen molar-refractivity contribution in [2.75, 3.05) is 0 Å². The third-order valence-corrected chi connectivity index (χ3v) is 3.65. The van der Waals surface area contributed by atoms with Gasteiger partial charge in [0.15, 0.2) is 5.76 Å². The molecular formula is C16H18ClFN2O2. The van der Waals surface area contributed by atoms with Crippen molar-refractivity contribution in [3.63, 3.8) is 0 Å². The van der Waals surface area contributed by atoms with E-state index in [9.17, 15) is 9.18 Å². The van der Waals surface area contributed by atoms with Gasteiger partial charge in [0, 0.05) is 6.07 Å². The molecule has 2 rings (SSSR count). The molecule has 0 saturated carbocycles. The van der Waals surface area contributed by atoms with Crippen LogP contribution in [0, 0.1) is 18.7 Å². The molecule has 0 saturated heterocycles. The van der Waals surface area contributed by atoms with E-state index in [1.54, 1.807) is 13.0 Å². The van der Waals surface area contributed by atoms with Gasteiger partial charge in [-0.05, 0) is 30.9 Å². The molecule has 118 valence electrons. The summed E-state index contributed by atoms with van der Waals surface area (Å²) in [5, 5.41) is 6.64. The highest BCUT2D eigenvalue weighted by Crippen LogP contribution is 2.23. The average Bonchev–Trinajstić information content (AvgIpc) is 2.88. The lowest BCUT2D eigenvalue weighted by molar-refractivity contribution is 0.0943. The fourth-order valence-electron chi connectivity index (χ4n) is 2.07. The molecule has 6 heteroatoms. The Morgan fingerprint density at radius 1 is 1.45 bits per heavy atom. The smallest absolute Gasteiger partial charge is 0.256 e. The van der Waals surface area contributed by atoms with Crippen LogP contribution in [0.5, 0.6) is 0 Å². The summed E-state index contributed by atoms with van der Waals surface area (Å²) in [4.78, 5) is 12.1. The summed E-state index contributed by atoms with van der Waals surface area (Å²) < 4.78 is 18.9. The van der Waals surface area contributed by atoms with Gasteiger partial charge in [-0.25, -0.2) is 4.39 Å². The molecule has 4 nitrogen and oxygen atoms in total. The van der Waals surface area contributed by atoms with Crippen molar-refractivity contribution in [2.24, 2.45) is 5.92 Å². The molecule has 0 aliphatic rings. The van der Waals surface area contributed by atoms with Crippen LogP contribution in [-0.4, -0.2) is 11.1 Å². The van der Waals surface area contributed by atoms with E-state index in [0.717, 1.165) is 12.1 Å². The Bertz CT molecular complexity index is 683. The standard InChI is InChI=1S/C16H18ClFN2O2/c1-9(2)6-11-7-12(22-20-11)8-19-16(21)14-13(18)5-4-10(3)15(14)17/h4-5,7,9H,6,8H2,1-3H3,(H,19,21). The van der Waals surface area contributed by atoms with Crippen molar-refractivity contribution < 1.29 is 13.7 Å². The molecule has 0 radical (unpaired) electrons. The van der Waals surface area contributed by atoms with Crippen LogP contribution in [0.3, 0.4) is 0 Å². The fraction of sp³-hybridized carbons (Fsp3) is 0.375. The number of aromatic nitrogens is 1. The van der Waals surface area contributed by atoms with Crippen LogP contribution < -0.4 is 5.32 Å². The number of halogens is 2. The second-order valence-electron chi connectivity index (χ2n) is 5.62. The third-order valence-electron chi connectivity index (χ3n) is 3.16. The summed E-state index contributed by atoms with van der Waals surface area (Å²) >= 11 is 6.00. The van der Waals surface area contributed by atoms with Gasteiger partial charge in [-0.15, -0.1) is 0 Å². The highest BCUT2D eigenvalue weighted by molar-refractivity contribution is 6.34. The molecule has 0 unspecified atom stereocenters. The zero-order valence-corrected chi connectivity index (χ0v) is 13.5. The number of carbonyl (C=O) groups is 1. The number of nitrogens with one attached hydrogen (secondary N) is 1. The van der Waals surface area contributed by atoms with E-state index >= 15 is 0 Å². The van der Waals surface area contributed by atoms with Crippen LogP contribution in [-0.2, 0) is 13.0 Å². The van der Waals surface area contributed by atoms with Gasteiger partial charge >= 0.3 is 0 Å². The van der Waals surface area contributed by atoms with Crippen LogP contribution >= 0.6 is 11.6 Å². The summed E-state index contributed by atoms with van der Waals surface area (Å²) in [6, 6.07) is 4.54. The summed E-state index contributed by atoms with van der Waals surface area (Å²) in [5.41, 5.74) is 1.33. The van der Waals surface area contributed by atoms with E-state index < -0.39 is 11.7 Å². The minimum atomic E-state index is -0.647. The molecule has 22 heavy (non-hydrogen) atoms. The van der Waals surface area contributed by atoms with Crippen LogP contribution in [0.1, 0.15) is 41.2 Å². The normalized spacial score (nSPS) is 11.0. The largest absolute Gasteiger partial charge is 0.359 e. The molecule has 1 aromatic heterocycles. The van der Waals surface area contributed by atoms with Crippen molar-refractivity contribution in [3.8, 4) is 0 Å². The Morgan fingerprint density at radius 2 is 2.18 bits per heavy atom. The van der Waals surface area contributed by atoms with Gasteiger partial charge in [-0.3, -0.25) is 4.79 Å². The molecule has 0 fully saturated rings. The van der Waals surface area contributed by atoms with E-state index in [0.29, 0.717) is 17.2 Å². The number of rotatable bonds is 5. The number of amides is 1. The third kappa shape index (κ3) is 3.85. The van der Waals surface area contributed by atoms with Crippen molar-refractivity contribution in [2.45, 2.75) is 33.7 Å². The Labute approximate surface area is 133 Å². The Balaban J connectivity index is 2.04. The first-order valence-corrected chi connectivity index (χ1v) is 7.43. The number of hydrogen-bond acceptors (Lipinski definition) is 3. The number of hydrogen-bond donors (Lipinski definition) is 1. The Kier molecular flexibility index (Phi) is 5.19. The highest BCUT2D eigenvalue weighted by Gasteiger charge is 2.18. The minimum Gasteiger partial charge on any atom is -0.359 e. The number of carbonyl (C=O) groups excluding carboxylic acids is 1. The molecule has 0 bridgehead atoms. The van der Waals surface area contributed by atoms with Crippen LogP contribution in [0.25, 0.3) is 0 Å². The van der Waals surface area contributed by atoms with Gasteiger partial charge in [0.1, 0.15) is 5.82 Å². The van der Waals surface area contributed by atoms with Crippen molar-refractivity contribution in [1.29, 1.82) is 0 Å². The lowest BCUT2D eigenvalue weighted by Gasteiger charge is -2.08. The molecule has 1 aromatic carbocycles. The van der Waals surface area contributed by atoms with Crippen molar-refractivity contribution in [1.82, 2.24) is 10.5 Å². The maximum absolute atomic E-state index is 13.8. The summed E-state index contributed by atoms with van der Waals surface area (Å²) in [5.74, 6) is -0.236. The molecule has 1 heterocycles. The second kappa shape index (κ2) is 6.92. The summed E-state index contributed by atoms with van der Waals surface area (Å²) in [7, 11) is 0. The SMILES string of the molecule is Cc1ccc(F)c(C(=O)NCc2cc(CC(C)C)no2)c1Cl. The number of aryl methyl sites for hydroxylation is 1. The zero-order valence-electron chi connectivity index (χ0n) is 12.7. The molecule has 2 aromatic rings. The van der Waals surface area contributed by atoms with Gasteiger partial charge < -0.3 is 9.84 Å². The molecular weight excluding hydrogens is 307 g/mol. The number of nitrogens with zero attached hydrogens (tertiary/aromatic N) is 1. The number of benzene rings is 1. The van der Waals surface area contributed by atoms with E-state index in [1.165, 1.54) is 12.1 Å². The molecule has 0 aliphatic heterocycles. The van der Waals surface area contributed by atoms with Gasteiger partial charge in [0.25, 0.3) is 5.91 Å². The predicted molar refractivity (Wildman–Crippen MR) is 82.4 cm³/mol. The quantitative estimate of drug-likeness (QED) is 0.907. The summed E-state index contributed by atoms with van der Waals surface area (Å²) in [6.07, 6.45) is 0.801. The lowest BCUT2D eigenvalue weighted by atomic mass is 10.1. The predicted octanol–water partition coefficient (Wildman–Crippen LogP) is 3.90. The van der Waals surface area contributed by atoms with E-state index in [-0.39, 0.29) is 17.1 Å². The first-order valence-electron chi connectivity index (χ1n) is 7.05. The molecule has 1 N–H and O–H groups in total. The lowest BCUT2D eigenvalue weighted by Crippen LogP contribution is -2.24. The Morgan fingerprint density at radius 3 is 2.86 bits per heavy atom. The van der Waals surface area contributed by atoms with Gasteiger partial charge in [-0.1, -0.05) is 36.7 Å². The monoisotopic (exact) mass is 324 g/mol. The minimum absolute atomic E-state index is 0.121. The van der Waals surface area contributed by atoms with Crippen LogP contribution in [0.4, 0.5) is 4.39 Å². The molecule has 0 atom stereocenters. The second-order valence-corrected chi connectivity index (χ2v) is 6.00. The first-order chi connectivity index (χ1) is 10.4. The van der Waals surface area contributed by atoms with E-state index in [1.807, 2.05) is 0 Å². The Hall–Kier alpha value is -1.88. The van der Waals surface area contributed by atoms with Crippen molar-refractivity contribution in [3.05, 3.63) is 51.6 Å². The van der Waals surface area contributed by atoms with E-state index in [2.05, 4.69) is 24.3 Å². The average molecular weight is 325 g/mol. The topological polar surface area (TPSA) is 55.1 Å². The van der Waals surface area contributed by atoms with Gasteiger partial charge in [-0.2, -0.15) is 0 Å². The molecule has 0 spiro atoms. The van der Waals surface area contributed by atoms with Crippen molar-refractivity contribution >= 4 is 17.5 Å². The molecule has 0 aliphatic carbocycles. The summed E-state index contributed by atoms with van der Waals surface area (Å²) in [6.45, 7) is 6.01. The molecule has 1 amide bonds. The maximum atomic E-state index is 13.8. The first kappa shape index (κ1) is 16.5.